The van der Waals surface area contributed by atoms with Gasteiger partial charge in [-0.1, -0.05) is 15.9 Å². The number of hydrogen-bond acceptors (Lipinski definition) is 2. The lowest BCUT2D eigenvalue weighted by Crippen LogP contribution is -2.14. The fourth-order valence-electron chi connectivity index (χ4n) is 1.56. The fraction of sp³-hybridized carbons (Fsp3) is 0.375. The van der Waals surface area contributed by atoms with E-state index in [9.17, 15) is 4.79 Å². The zero-order chi connectivity index (χ0) is 8.72. The first-order valence-electron chi connectivity index (χ1n) is 3.85. The molecule has 0 saturated carbocycles. The van der Waals surface area contributed by atoms with Crippen molar-refractivity contribution in [3.8, 4) is 0 Å². The lowest BCUT2D eigenvalue weighted by Gasteiger charge is -2.13. The van der Waals surface area contributed by atoms with Crippen LogP contribution in [0.2, 0.25) is 0 Å². The molecular weight excluding hydrogens is 220 g/mol. The van der Waals surface area contributed by atoms with Crippen LogP contribution in [0.3, 0.4) is 0 Å². The van der Waals surface area contributed by atoms with Gasteiger partial charge in [0, 0.05) is 22.3 Å². The maximum atomic E-state index is 11.3. The first-order chi connectivity index (χ1) is 5.70. The summed E-state index contributed by atoms with van der Waals surface area (Å²) in [6.07, 6.45) is 1.70. The SMILES string of the molecule is NC1=C2CNC(=O)C2=C(Br)CC1. The second kappa shape index (κ2) is 2.62. The summed E-state index contributed by atoms with van der Waals surface area (Å²) in [5, 5.41) is 2.76. The van der Waals surface area contributed by atoms with E-state index in [0.29, 0.717) is 6.54 Å². The molecule has 1 amide bonds. The highest BCUT2D eigenvalue weighted by Crippen LogP contribution is 2.33. The maximum Gasteiger partial charge on any atom is 0.252 e. The third-order valence-electron chi connectivity index (χ3n) is 2.23. The largest absolute Gasteiger partial charge is 0.402 e. The monoisotopic (exact) mass is 228 g/mol. The van der Waals surface area contributed by atoms with Crippen LogP contribution in [0.15, 0.2) is 21.3 Å². The van der Waals surface area contributed by atoms with E-state index in [2.05, 4.69) is 21.2 Å². The van der Waals surface area contributed by atoms with Gasteiger partial charge in [0.05, 0.1) is 5.57 Å². The number of rotatable bonds is 0. The molecule has 64 valence electrons. The van der Waals surface area contributed by atoms with Crippen LogP contribution in [0.1, 0.15) is 12.8 Å². The Bertz CT molecular complexity index is 317. The van der Waals surface area contributed by atoms with Crippen LogP contribution in [0.5, 0.6) is 0 Å². The van der Waals surface area contributed by atoms with Crippen molar-refractivity contribution in [1.29, 1.82) is 0 Å². The first kappa shape index (κ1) is 7.86. The maximum absolute atomic E-state index is 11.3. The highest BCUT2D eigenvalue weighted by Gasteiger charge is 2.29. The summed E-state index contributed by atoms with van der Waals surface area (Å²) >= 11 is 3.39. The van der Waals surface area contributed by atoms with E-state index < -0.39 is 0 Å². The Morgan fingerprint density at radius 2 is 2.17 bits per heavy atom. The van der Waals surface area contributed by atoms with Crippen molar-refractivity contribution in [2.24, 2.45) is 5.73 Å². The van der Waals surface area contributed by atoms with Crippen LogP contribution in [0.4, 0.5) is 0 Å². The molecule has 1 aliphatic heterocycles. The number of halogens is 1. The minimum atomic E-state index is -0.000440. The Hall–Kier alpha value is -0.770. The smallest absolute Gasteiger partial charge is 0.252 e. The van der Waals surface area contributed by atoms with Gasteiger partial charge < -0.3 is 11.1 Å². The minimum Gasteiger partial charge on any atom is -0.402 e. The second-order valence-corrected chi connectivity index (χ2v) is 3.92. The molecule has 0 radical (unpaired) electrons. The minimum absolute atomic E-state index is 0.000440. The molecule has 0 bridgehead atoms. The van der Waals surface area contributed by atoms with Gasteiger partial charge in [-0.2, -0.15) is 0 Å². The third-order valence-corrected chi connectivity index (χ3v) is 3.02. The number of fused-ring (bicyclic) bond motifs is 1. The van der Waals surface area contributed by atoms with Gasteiger partial charge in [0.15, 0.2) is 0 Å². The molecule has 1 aliphatic carbocycles. The van der Waals surface area contributed by atoms with Crippen molar-refractivity contribution in [3.63, 3.8) is 0 Å². The number of carbonyl (C=O) groups excluding carboxylic acids is 1. The highest BCUT2D eigenvalue weighted by molar-refractivity contribution is 9.11. The van der Waals surface area contributed by atoms with Gasteiger partial charge in [0.25, 0.3) is 5.91 Å². The van der Waals surface area contributed by atoms with E-state index in [1.165, 1.54) is 0 Å². The number of carbonyl (C=O) groups is 1. The van der Waals surface area contributed by atoms with Crippen LogP contribution >= 0.6 is 15.9 Å². The molecule has 3 nitrogen and oxygen atoms in total. The van der Waals surface area contributed by atoms with Gasteiger partial charge in [-0.15, -0.1) is 0 Å². The molecule has 0 spiro atoms. The van der Waals surface area contributed by atoms with Crippen LogP contribution in [0, 0.1) is 0 Å². The molecule has 1 heterocycles. The summed E-state index contributed by atoms with van der Waals surface area (Å²) in [4.78, 5) is 11.3. The predicted octanol–water partition coefficient (Wildman–Crippen LogP) is 0.772. The molecule has 12 heavy (non-hydrogen) atoms. The number of hydrogen-bond donors (Lipinski definition) is 2. The number of nitrogens with one attached hydrogen (secondary N) is 1. The molecule has 0 unspecified atom stereocenters. The first-order valence-corrected chi connectivity index (χ1v) is 4.64. The van der Waals surface area contributed by atoms with Crippen molar-refractivity contribution in [3.05, 3.63) is 21.3 Å². The van der Waals surface area contributed by atoms with Crippen LogP contribution < -0.4 is 11.1 Å². The predicted molar refractivity (Wildman–Crippen MR) is 49.4 cm³/mol. The molecule has 1 fully saturated rings. The molecule has 4 heteroatoms. The molecule has 0 aromatic heterocycles. The van der Waals surface area contributed by atoms with E-state index in [-0.39, 0.29) is 5.91 Å². The molecule has 3 N–H and O–H groups in total. The lowest BCUT2D eigenvalue weighted by molar-refractivity contribution is -0.116. The normalized spacial score (nSPS) is 22.9. The quantitative estimate of drug-likeness (QED) is 0.644. The summed E-state index contributed by atoms with van der Waals surface area (Å²) in [7, 11) is 0. The third kappa shape index (κ3) is 0.982. The zero-order valence-electron chi connectivity index (χ0n) is 6.48. The molecule has 0 aromatic rings. The van der Waals surface area contributed by atoms with Gasteiger partial charge in [0.2, 0.25) is 0 Å². The van der Waals surface area contributed by atoms with Crippen LogP contribution in [-0.2, 0) is 4.79 Å². The topological polar surface area (TPSA) is 55.1 Å². The average Bonchev–Trinajstić information content (AvgIpc) is 2.42. The summed E-state index contributed by atoms with van der Waals surface area (Å²) in [5.41, 5.74) is 8.38. The molecule has 2 aliphatic rings. The molecule has 2 rings (SSSR count). The highest BCUT2D eigenvalue weighted by atomic mass is 79.9. The Morgan fingerprint density at radius 1 is 1.42 bits per heavy atom. The van der Waals surface area contributed by atoms with Crippen molar-refractivity contribution < 1.29 is 4.79 Å². The van der Waals surface area contributed by atoms with Gasteiger partial charge in [-0.05, 0) is 12.8 Å². The number of amides is 1. The molecule has 0 atom stereocenters. The van der Waals surface area contributed by atoms with Crippen molar-refractivity contribution in [2.75, 3.05) is 6.54 Å². The lowest BCUT2D eigenvalue weighted by atomic mass is 9.97. The zero-order valence-corrected chi connectivity index (χ0v) is 8.07. The summed E-state index contributed by atoms with van der Waals surface area (Å²) in [6.45, 7) is 0.592. The number of allylic oxidation sites excluding steroid dienone is 2. The van der Waals surface area contributed by atoms with Gasteiger partial charge in [-0.3, -0.25) is 4.79 Å². The Kier molecular flexibility index (Phi) is 1.72. The van der Waals surface area contributed by atoms with Crippen LogP contribution in [-0.4, -0.2) is 12.5 Å². The van der Waals surface area contributed by atoms with Crippen LogP contribution in [0.25, 0.3) is 0 Å². The van der Waals surface area contributed by atoms with E-state index in [4.69, 9.17) is 5.73 Å². The van der Waals surface area contributed by atoms with Crippen molar-refractivity contribution >= 4 is 21.8 Å². The molecule has 1 saturated heterocycles. The average molecular weight is 229 g/mol. The van der Waals surface area contributed by atoms with Gasteiger partial charge >= 0.3 is 0 Å². The Morgan fingerprint density at radius 3 is 2.83 bits per heavy atom. The summed E-state index contributed by atoms with van der Waals surface area (Å²) in [6, 6.07) is 0. The Labute approximate surface area is 78.8 Å². The summed E-state index contributed by atoms with van der Waals surface area (Å²) in [5.74, 6) is -0.000440. The Balaban J connectivity index is 2.54. The van der Waals surface area contributed by atoms with Crippen molar-refractivity contribution in [1.82, 2.24) is 5.32 Å². The number of nitrogens with two attached hydrogens (primary N) is 1. The van der Waals surface area contributed by atoms with E-state index in [0.717, 1.165) is 34.2 Å². The standard InChI is InChI=1S/C8H9BrN2O/c9-5-1-2-6(10)4-3-11-8(12)7(4)5/h1-3,10H2,(H,11,12). The molecular formula is C8H9BrN2O. The van der Waals surface area contributed by atoms with E-state index >= 15 is 0 Å². The fourth-order valence-corrected chi connectivity index (χ4v) is 2.18. The second-order valence-electron chi connectivity index (χ2n) is 2.97. The summed E-state index contributed by atoms with van der Waals surface area (Å²) < 4.78 is 0.988. The van der Waals surface area contributed by atoms with Gasteiger partial charge in [-0.25, -0.2) is 0 Å². The van der Waals surface area contributed by atoms with E-state index in [1.54, 1.807) is 0 Å². The van der Waals surface area contributed by atoms with E-state index in [1.807, 2.05) is 0 Å². The van der Waals surface area contributed by atoms with Gasteiger partial charge in [0.1, 0.15) is 0 Å². The molecule has 0 aromatic carbocycles. The van der Waals surface area contributed by atoms with Crippen molar-refractivity contribution in [2.45, 2.75) is 12.8 Å².